The highest BCUT2D eigenvalue weighted by Crippen LogP contribution is 2.33. The van der Waals surface area contributed by atoms with Gasteiger partial charge < -0.3 is 14.4 Å². The van der Waals surface area contributed by atoms with Crippen molar-refractivity contribution in [2.75, 3.05) is 19.7 Å². The molecular formula is C15H25NO4. The second-order valence-corrected chi connectivity index (χ2v) is 5.24. The lowest BCUT2D eigenvalue weighted by Crippen LogP contribution is -2.43. The molecule has 1 saturated heterocycles. The summed E-state index contributed by atoms with van der Waals surface area (Å²) in [5.74, 6) is -0.552. The number of nitrogens with zero attached hydrogens (tertiary/aromatic N) is 1. The molecule has 4 atom stereocenters. The molecule has 5 heteroatoms. The van der Waals surface area contributed by atoms with Gasteiger partial charge in [0.15, 0.2) is 0 Å². The maximum atomic E-state index is 12.6. The maximum Gasteiger partial charge on any atom is 0.325 e. The van der Waals surface area contributed by atoms with Gasteiger partial charge in [-0.1, -0.05) is 13.0 Å². The van der Waals surface area contributed by atoms with E-state index in [0.717, 1.165) is 0 Å². The lowest BCUT2D eigenvalue weighted by molar-refractivity contribution is -0.150. The Labute approximate surface area is 120 Å². The fourth-order valence-corrected chi connectivity index (χ4v) is 2.65. The number of hydrogen-bond acceptors (Lipinski definition) is 4. The molecule has 1 amide bonds. The van der Waals surface area contributed by atoms with Gasteiger partial charge in [-0.2, -0.15) is 0 Å². The first-order valence-corrected chi connectivity index (χ1v) is 7.13. The molecule has 0 radical (unpaired) electrons. The average molecular weight is 283 g/mol. The maximum absolute atomic E-state index is 12.6. The second-order valence-electron chi connectivity index (χ2n) is 5.24. The first-order chi connectivity index (χ1) is 9.42. The molecule has 0 saturated carbocycles. The number of esters is 1. The van der Waals surface area contributed by atoms with E-state index in [1.165, 1.54) is 4.90 Å². The van der Waals surface area contributed by atoms with E-state index >= 15 is 0 Å². The van der Waals surface area contributed by atoms with E-state index in [9.17, 15) is 9.59 Å². The average Bonchev–Trinajstić information content (AvgIpc) is 2.62. The van der Waals surface area contributed by atoms with Crippen LogP contribution in [0.15, 0.2) is 12.7 Å². The third kappa shape index (κ3) is 3.82. The van der Waals surface area contributed by atoms with E-state index in [4.69, 9.17) is 9.47 Å². The number of rotatable bonds is 6. The van der Waals surface area contributed by atoms with E-state index in [1.54, 1.807) is 13.0 Å². The quantitative estimate of drug-likeness (QED) is 0.549. The molecule has 0 aromatic rings. The van der Waals surface area contributed by atoms with Gasteiger partial charge in [0.2, 0.25) is 5.91 Å². The second kappa shape index (κ2) is 7.43. The minimum absolute atomic E-state index is 0.0387. The van der Waals surface area contributed by atoms with Crippen molar-refractivity contribution in [2.24, 2.45) is 11.8 Å². The van der Waals surface area contributed by atoms with Crippen LogP contribution in [-0.2, 0) is 19.1 Å². The third-order valence-corrected chi connectivity index (χ3v) is 3.81. The summed E-state index contributed by atoms with van der Waals surface area (Å²) in [4.78, 5) is 25.7. The molecule has 0 aromatic carbocycles. The number of hydrogen-bond donors (Lipinski definition) is 0. The first-order valence-electron chi connectivity index (χ1n) is 7.13. The van der Waals surface area contributed by atoms with Gasteiger partial charge in [-0.15, -0.1) is 6.58 Å². The van der Waals surface area contributed by atoms with Crippen molar-refractivity contribution in [2.45, 2.75) is 39.9 Å². The van der Waals surface area contributed by atoms with E-state index in [-0.39, 0.29) is 36.5 Å². The number of ether oxygens (including phenoxy) is 2. The monoisotopic (exact) mass is 283 g/mol. The van der Waals surface area contributed by atoms with Crippen LogP contribution in [0.3, 0.4) is 0 Å². The Hall–Kier alpha value is -1.36. The van der Waals surface area contributed by atoms with Gasteiger partial charge in [-0.3, -0.25) is 9.59 Å². The Morgan fingerprint density at radius 1 is 1.30 bits per heavy atom. The summed E-state index contributed by atoms with van der Waals surface area (Å²) in [6.45, 7) is 11.9. The summed E-state index contributed by atoms with van der Waals surface area (Å²) < 4.78 is 10.6. The zero-order chi connectivity index (χ0) is 15.3. The molecule has 114 valence electrons. The van der Waals surface area contributed by atoms with Crippen molar-refractivity contribution in [3.05, 3.63) is 12.7 Å². The molecule has 0 N–H and O–H groups in total. The summed E-state index contributed by atoms with van der Waals surface area (Å²) in [6.07, 6.45) is 1.53. The molecule has 0 bridgehead atoms. The molecular weight excluding hydrogens is 258 g/mol. The molecule has 1 fully saturated rings. The van der Waals surface area contributed by atoms with Crippen molar-refractivity contribution >= 4 is 11.9 Å². The Kier molecular flexibility index (Phi) is 6.20. The van der Waals surface area contributed by atoms with Crippen LogP contribution in [0.1, 0.15) is 27.7 Å². The lowest BCUT2D eigenvalue weighted by atomic mass is 9.88. The Morgan fingerprint density at radius 3 is 2.40 bits per heavy atom. The summed E-state index contributed by atoms with van der Waals surface area (Å²) in [5, 5.41) is 0. The van der Waals surface area contributed by atoms with Crippen LogP contribution in [-0.4, -0.2) is 48.7 Å². The highest BCUT2D eigenvalue weighted by atomic mass is 16.5. The van der Waals surface area contributed by atoms with Gasteiger partial charge in [-0.25, -0.2) is 0 Å². The van der Waals surface area contributed by atoms with Gasteiger partial charge in [0.05, 0.1) is 24.7 Å². The smallest absolute Gasteiger partial charge is 0.325 e. The number of carbonyl (C=O) groups excluding carboxylic acids is 2. The van der Waals surface area contributed by atoms with E-state index < -0.39 is 5.97 Å². The van der Waals surface area contributed by atoms with Crippen LogP contribution in [0.2, 0.25) is 0 Å². The van der Waals surface area contributed by atoms with Crippen LogP contribution < -0.4 is 0 Å². The predicted molar refractivity (Wildman–Crippen MR) is 76.1 cm³/mol. The molecule has 5 nitrogen and oxygen atoms in total. The number of amides is 1. The van der Waals surface area contributed by atoms with Crippen LogP contribution in [0, 0.1) is 11.8 Å². The zero-order valence-corrected chi connectivity index (χ0v) is 12.8. The standard InChI is InChI=1S/C15H25NO4/c1-6-8-16(9-13(17)19-7-2)15(18)14-10(3)11(4)20-12(14)5/h6,10-12,14H,1,7-9H2,2-5H3. The van der Waals surface area contributed by atoms with Crippen LogP contribution in [0.4, 0.5) is 0 Å². The largest absolute Gasteiger partial charge is 0.465 e. The van der Waals surface area contributed by atoms with Crippen LogP contribution in [0.25, 0.3) is 0 Å². The van der Waals surface area contributed by atoms with Gasteiger partial charge in [0.1, 0.15) is 6.54 Å². The van der Waals surface area contributed by atoms with Gasteiger partial charge in [0.25, 0.3) is 0 Å². The summed E-state index contributed by atoms with van der Waals surface area (Å²) in [6, 6.07) is 0. The fraction of sp³-hybridized carbons (Fsp3) is 0.733. The molecule has 1 heterocycles. The highest BCUT2D eigenvalue weighted by molar-refractivity contribution is 5.84. The predicted octanol–water partition coefficient (Wildman–Crippen LogP) is 1.62. The Morgan fingerprint density at radius 2 is 1.95 bits per heavy atom. The highest BCUT2D eigenvalue weighted by Gasteiger charge is 2.43. The third-order valence-electron chi connectivity index (χ3n) is 3.81. The first kappa shape index (κ1) is 16.7. The Bertz CT molecular complexity index is 369. The molecule has 20 heavy (non-hydrogen) atoms. The topological polar surface area (TPSA) is 55.8 Å². The van der Waals surface area contributed by atoms with Crippen molar-refractivity contribution in [1.82, 2.24) is 4.90 Å². The van der Waals surface area contributed by atoms with Gasteiger partial charge in [-0.05, 0) is 26.7 Å². The summed E-state index contributed by atoms with van der Waals surface area (Å²) >= 11 is 0. The van der Waals surface area contributed by atoms with E-state index in [2.05, 4.69) is 6.58 Å². The van der Waals surface area contributed by atoms with E-state index in [0.29, 0.717) is 13.2 Å². The summed E-state index contributed by atoms with van der Waals surface area (Å²) in [7, 11) is 0. The van der Waals surface area contributed by atoms with Gasteiger partial charge in [0, 0.05) is 6.54 Å². The zero-order valence-electron chi connectivity index (χ0n) is 12.8. The minimum Gasteiger partial charge on any atom is -0.465 e. The number of carbonyl (C=O) groups is 2. The molecule has 0 spiro atoms. The molecule has 1 aliphatic rings. The molecule has 0 aliphatic carbocycles. The van der Waals surface area contributed by atoms with Crippen LogP contribution in [0.5, 0.6) is 0 Å². The van der Waals surface area contributed by atoms with Crippen molar-refractivity contribution in [3.8, 4) is 0 Å². The minimum atomic E-state index is -0.394. The normalized spacial score (nSPS) is 29.0. The molecule has 0 aromatic heterocycles. The molecule has 1 aliphatic heterocycles. The molecule has 1 rings (SSSR count). The lowest BCUT2D eigenvalue weighted by Gasteiger charge is -2.26. The fourth-order valence-electron chi connectivity index (χ4n) is 2.65. The molecule has 4 unspecified atom stereocenters. The SMILES string of the molecule is C=CCN(CC(=O)OCC)C(=O)C1C(C)OC(C)C1C. The van der Waals surface area contributed by atoms with Gasteiger partial charge >= 0.3 is 5.97 Å². The van der Waals surface area contributed by atoms with Crippen molar-refractivity contribution in [3.63, 3.8) is 0 Å². The summed E-state index contributed by atoms with van der Waals surface area (Å²) in [5.41, 5.74) is 0. The van der Waals surface area contributed by atoms with Crippen molar-refractivity contribution < 1.29 is 19.1 Å². The van der Waals surface area contributed by atoms with Crippen LogP contribution >= 0.6 is 0 Å². The van der Waals surface area contributed by atoms with E-state index in [1.807, 2.05) is 20.8 Å². The Balaban J connectivity index is 2.78. The van der Waals surface area contributed by atoms with Crippen molar-refractivity contribution in [1.29, 1.82) is 0 Å².